The zero-order chi connectivity index (χ0) is 20.1. The Balaban J connectivity index is 1.62. The molecule has 2 amide bonds. The van der Waals surface area contributed by atoms with Crippen LogP contribution in [-0.2, 0) is 22.7 Å². The normalized spacial score (nSPS) is 25.6. The van der Waals surface area contributed by atoms with Crippen LogP contribution in [-0.4, -0.2) is 71.5 Å². The van der Waals surface area contributed by atoms with Crippen LogP contribution in [0.25, 0.3) is 0 Å². The fourth-order valence-corrected chi connectivity index (χ4v) is 4.15. The highest BCUT2D eigenvalue weighted by atomic mass is 16.4. The van der Waals surface area contributed by atoms with Gasteiger partial charge in [-0.25, -0.2) is 0 Å². The van der Waals surface area contributed by atoms with Gasteiger partial charge in [0, 0.05) is 31.6 Å². The standard InChI is InChI=1S/C20H28N4O4/c1-3-9-21-18(26)7-4-14-11-22-20(27)19-17(23(14)2)8-10-24(19)12-15-5-6-16(13-25)28-15/h1,5-6,14,17,19,25H,4,7-13H2,2H3,(H,21,26)(H,22,27)/t14-,17+,19-/m0/s1. The number of hydrogen-bond donors (Lipinski definition) is 3. The van der Waals surface area contributed by atoms with Gasteiger partial charge in [0.1, 0.15) is 24.2 Å². The zero-order valence-electron chi connectivity index (χ0n) is 16.2. The zero-order valence-corrected chi connectivity index (χ0v) is 16.2. The van der Waals surface area contributed by atoms with Gasteiger partial charge in [0.2, 0.25) is 11.8 Å². The average molecular weight is 388 g/mol. The second kappa shape index (κ2) is 9.24. The third kappa shape index (κ3) is 4.55. The molecule has 0 bridgehead atoms. The largest absolute Gasteiger partial charge is 0.462 e. The lowest BCUT2D eigenvalue weighted by molar-refractivity contribution is -0.126. The predicted octanol–water partition coefficient (Wildman–Crippen LogP) is -0.325. The molecule has 152 valence electrons. The molecule has 3 heterocycles. The highest BCUT2D eigenvalue weighted by molar-refractivity contribution is 5.83. The molecule has 8 nitrogen and oxygen atoms in total. The number of amides is 2. The Kier molecular flexibility index (Phi) is 6.73. The minimum absolute atomic E-state index is 0.0163. The molecule has 0 unspecified atom stereocenters. The van der Waals surface area contributed by atoms with Gasteiger partial charge in [-0.15, -0.1) is 6.42 Å². The van der Waals surface area contributed by atoms with Crippen LogP contribution in [0.3, 0.4) is 0 Å². The maximum atomic E-state index is 12.8. The van der Waals surface area contributed by atoms with E-state index in [1.54, 1.807) is 6.07 Å². The number of nitrogens with zero attached hydrogens (tertiary/aromatic N) is 2. The van der Waals surface area contributed by atoms with Crippen molar-refractivity contribution in [2.24, 2.45) is 0 Å². The van der Waals surface area contributed by atoms with Crippen molar-refractivity contribution in [3.8, 4) is 12.3 Å². The molecule has 3 rings (SSSR count). The number of fused-ring (bicyclic) bond motifs is 1. The first kappa shape index (κ1) is 20.4. The lowest BCUT2D eigenvalue weighted by Gasteiger charge is -2.32. The summed E-state index contributed by atoms with van der Waals surface area (Å²) in [7, 11) is 2.03. The molecule has 0 saturated carbocycles. The van der Waals surface area contributed by atoms with E-state index in [4.69, 9.17) is 15.9 Å². The van der Waals surface area contributed by atoms with E-state index >= 15 is 0 Å². The van der Waals surface area contributed by atoms with Crippen molar-refractivity contribution in [2.45, 2.75) is 50.5 Å². The van der Waals surface area contributed by atoms with E-state index < -0.39 is 0 Å². The van der Waals surface area contributed by atoms with Gasteiger partial charge >= 0.3 is 0 Å². The van der Waals surface area contributed by atoms with Gasteiger partial charge in [-0.3, -0.25) is 19.4 Å². The number of terminal acetylenes is 1. The third-order valence-corrected chi connectivity index (χ3v) is 5.67. The summed E-state index contributed by atoms with van der Waals surface area (Å²) in [6.45, 7) is 1.94. The van der Waals surface area contributed by atoms with Crippen molar-refractivity contribution in [1.29, 1.82) is 0 Å². The van der Waals surface area contributed by atoms with E-state index in [2.05, 4.69) is 26.4 Å². The number of aliphatic hydroxyl groups is 1. The molecule has 2 aliphatic heterocycles. The molecule has 0 aromatic carbocycles. The van der Waals surface area contributed by atoms with Crippen molar-refractivity contribution in [3.63, 3.8) is 0 Å². The molecule has 1 aromatic rings. The maximum absolute atomic E-state index is 12.8. The molecule has 1 aromatic heterocycles. The number of likely N-dealkylation sites (tertiary alicyclic amines) is 1. The fourth-order valence-electron chi connectivity index (χ4n) is 4.15. The van der Waals surface area contributed by atoms with E-state index in [1.807, 2.05) is 13.1 Å². The molecule has 2 saturated heterocycles. The lowest BCUT2D eigenvalue weighted by atomic mass is 10.0. The molecular formula is C20H28N4O4. The van der Waals surface area contributed by atoms with Crippen LogP contribution < -0.4 is 10.6 Å². The van der Waals surface area contributed by atoms with Crippen molar-refractivity contribution < 1.29 is 19.1 Å². The van der Waals surface area contributed by atoms with E-state index in [1.165, 1.54) is 0 Å². The van der Waals surface area contributed by atoms with Crippen LogP contribution in [0.2, 0.25) is 0 Å². The Bertz CT molecular complexity index is 741. The van der Waals surface area contributed by atoms with Gasteiger partial charge in [-0.1, -0.05) is 5.92 Å². The van der Waals surface area contributed by atoms with Gasteiger partial charge in [-0.05, 0) is 32.0 Å². The quantitative estimate of drug-likeness (QED) is 0.554. The van der Waals surface area contributed by atoms with Gasteiger partial charge in [0.15, 0.2) is 0 Å². The molecule has 2 aliphatic rings. The minimum Gasteiger partial charge on any atom is -0.462 e. The second-order valence-corrected chi connectivity index (χ2v) is 7.38. The van der Waals surface area contributed by atoms with Gasteiger partial charge < -0.3 is 20.2 Å². The molecule has 2 fully saturated rings. The van der Waals surface area contributed by atoms with Crippen molar-refractivity contribution in [3.05, 3.63) is 23.7 Å². The minimum atomic E-state index is -0.257. The van der Waals surface area contributed by atoms with E-state index in [9.17, 15) is 9.59 Å². The third-order valence-electron chi connectivity index (χ3n) is 5.67. The van der Waals surface area contributed by atoms with E-state index in [-0.39, 0.29) is 43.1 Å². The molecule has 0 spiro atoms. The van der Waals surface area contributed by atoms with Crippen LogP contribution >= 0.6 is 0 Å². The topological polar surface area (TPSA) is 98.0 Å². The summed E-state index contributed by atoms with van der Waals surface area (Å²) in [4.78, 5) is 29.0. The highest BCUT2D eigenvalue weighted by Crippen LogP contribution is 2.28. The first-order chi connectivity index (χ1) is 13.5. The molecule has 0 aliphatic carbocycles. The second-order valence-electron chi connectivity index (χ2n) is 7.38. The Morgan fingerprint density at radius 2 is 2.25 bits per heavy atom. The van der Waals surface area contributed by atoms with Crippen molar-refractivity contribution in [2.75, 3.05) is 26.7 Å². The fraction of sp³-hybridized carbons (Fsp3) is 0.600. The molecule has 3 atom stereocenters. The van der Waals surface area contributed by atoms with Crippen LogP contribution in [0.5, 0.6) is 0 Å². The molecule has 0 radical (unpaired) electrons. The maximum Gasteiger partial charge on any atom is 0.239 e. The Hall–Kier alpha value is -2.34. The van der Waals surface area contributed by atoms with Crippen molar-refractivity contribution in [1.82, 2.24) is 20.4 Å². The van der Waals surface area contributed by atoms with E-state index in [0.29, 0.717) is 31.7 Å². The SMILES string of the molecule is C#CCNC(=O)CC[C@H]1CNC(=O)[C@@H]2[C@@H](CCN2Cc2ccc(CO)o2)N1C. The summed E-state index contributed by atoms with van der Waals surface area (Å²) in [6.07, 6.45) is 7.08. The predicted molar refractivity (Wildman–Crippen MR) is 103 cm³/mol. The monoisotopic (exact) mass is 388 g/mol. The molecule has 8 heteroatoms. The summed E-state index contributed by atoms with van der Waals surface area (Å²) < 4.78 is 5.59. The number of furan rings is 1. The van der Waals surface area contributed by atoms with Crippen LogP contribution in [0.15, 0.2) is 16.5 Å². The van der Waals surface area contributed by atoms with E-state index in [0.717, 1.165) is 18.7 Å². The number of nitrogens with one attached hydrogen (secondary N) is 2. The lowest BCUT2D eigenvalue weighted by Crippen LogP contribution is -2.49. The van der Waals surface area contributed by atoms with Crippen molar-refractivity contribution >= 4 is 11.8 Å². The number of hydrogen-bond acceptors (Lipinski definition) is 6. The van der Waals surface area contributed by atoms with Crippen LogP contribution in [0.1, 0.15) is 30.8 Å². The van der Waals surface area contributed by atoms with Gasteiger partial charge in [0.05, 0.1) is 13.1 Å². The number of likely N-dealkylation sites (N-methyl/N-ethyl adjacent to an activating group) is 1. The Labute approximate surface area is 165 Å². The smallest absolute Gasteiger partial charge is 0.239 e. The number of carbonyl (C=O) groups is 2. The highest BCUT2D eigenvalue weighted by Gasteiger charge is 2.45. The average Bonchev–Trinajstić information content (AvgIpc) is 3.30. The summed E-state index contributed by atoms with van der Waals surface area (Å²) in [5, 5.41) is 14.9. The number of carbonyl (C=O) groups excluding carboxylic acids is 2. The number of rotatable bonds is 7. The van der Waals surface area contributed by atoms with Gasteiger partial charge in [-0.2, -0.15) is 0 Å². The summed E-state index contributed by atoms with van der Waals surface area (Å²) in [5.41, 5.74) is 0. The van der Waals surface area contributed by atoms with Gasteiger partial charge in [0.25, 0.3) is 0 Å². The summed E-state index contributed by atoms with van der Waals surface area (Å²) >= 11 is 0. The Morgan fingerprint density at radius 1 is 1.46 bits per heavy atom. The van der Waals surface area contributed by atoms with Crippen LogP contribution in [0.4, 0.5) is 0 Å². The first-order valence-electron chi connectivity index (χ1n) is 9.65. The first-order valence-corrected chi connectivity index (χ1v) is 9.65. The number of aliphatic hydroxyl groups excluding tert-OH is 1. The van der Waals surface area contributed by atoms with Crippen LogP contribution in [0, 0.1) is 12.3 Å². The molecular weight excluding hydrogens is 360 g/mol. The Morgan fingerprint density at radius 3 is 2.96 bits per heavy atom. The molecule has 3 N–H and O–H groups in total. The molecule has 28 heavy (non-hydrogen) atoms. The summed E-state index contributed by atoms with van der Waals surface area (Å²) in [5.74, 6) is 3.61. The summed E-state index contributed by atoms with van der Waals surface area (Å²) in [6, 6.07) is 3.53.